The maximum atomic E-state index is 12.2. The smallest absolute Gasteiger partial charge is 0.326 e. The number of amides is 2. The zero-order valence-corrected chi connectivity index (χ0v) is 14.7. The molecule has 1 aromatic carbocycles. The SMILES string of the molecule is CC(C)[C@H](NC(=O)c1ccc(CNC(=O)C2CCCC2)cc1)C(=O)O. The summed E-state index contributed by atoms with van der Waals surface area (Å²) in [6.07, 6.45) is 4.17. The van der Waals surface area contributed by atoms with Gasteiger partial charge in [0.05, 0.1) is 0 Å². The zero-order chi connectivity index (χ0) is 18.4. The molecule has 6 nitrogen and oxygen atoms in total. The van der Waals surface area contributed by atoms with Gasteiger partial charge in [-0.25, -0.2) is 4.79 Å². The number of nitrogens with one attached hydrogen (secondary N) is 2. The Morgan fingerprint density at radius 3 is 2.24 bits per heavy atom. The van der Waals surface area contributed by atoms with Gasteiger partial charge in [-0.3, -0.25) is 9.59 Å². The third kappa shape index (κ3) is 5.31. The molecule has 1 saturated carbocycles. The largest absolute Gasteiger partial charge is 0.480 e. The number of carbonyl (C=O) groups is 3. The van der Waals surface area contributed by atoms with E-state index in [1.54, 1.807) is 38.1 Å². The first kappa shape index (κ1) is 19.0. The van der Waals surface area contributed by atoms with Crippen molar-refractivity contribution < 1.29 is 19.5 Å². The van der Waals surface area contributed by atoms with Gasteiger partial charge >= 0.3 is 5.97 Å². The van der Waals surface area contributed by atoms with E-state index in [2.05, 4.69) is 10.6 Å². The molecule has 3 N–H and O–H groups in total. The molecule has 1 aliphatic carbocycles. The van der Waals surface area contributed by atoms with E-state index in [-0.39, 0.29) is 17.7 Å². The fraction of sp³-hybridized carbons (Fsp3) is 0.526. The normalized spacial score (nSPS) is 15.8. The fourth-order valence-corrected chi connectivity index (χ4v) is 3.03. The van der Waals surface area contributed by atoms with Gasteiger partial charge in [0.25, 0.3) is 5.91 Å². The molecule has 1 fully saturated rings. The van der Waals surface area contributed by atoms with E-state index in [0.717, 1.165) is 31.2 Å². The molecule has 136 valence electrons. The van der Waals surface area contributed by atoms with Crippen molar-refractivity contribution >= 4 is 17.8 Å². The average molecular weight is 346 g/mol. The number of hydrogen-bond donors (Lipinski definition) is 3. The minimum absolute atomic E-state index is 0.0977. The van der Waals surface area contributed by atoms with E-state index in [1.807, 2.05) is 0 Å². The van der Waals surface area contributed by atoms with Crippen molar-refractivity contribution in [2.45, 2.75) is 52.1 Å². The van der Waals surface area contributed by atoms with Gasteiger partial charge in [-0.2, -0.15) is 0 Å². The Kier molecular flexibility index (Phi) is 6.56. The lowest BCUT2D eigenvalue weighted by Gasteiger charge is -2.18. The maximum absolute atomic E-state index is 12.2. The van der Waals surface area contributed by atoms with Crippen LogP contribution in [0, 0.1) is 11.8 Å². The molecule has 25 heavy (non-hydrogen) atoms. The lowest BCUT2D eigenvalue weighted by Crippen LogP contribution is -2.44. The highest BCUT2D eigenvalue weighted by molar-refractivity contribution is 5.96. The Bertz CT molecular complexity index is 619. The first-order valence-corrected chi connectivity index (χ1v) is 8.79. The number of carbonyl (C=O) groups excluding carboxylic acids is 2. The molecule has 0 unspecified atom stereocenters. The Hall–Kier alpha value is -2.37. The topological polar surface area (TPSA) is 95.5 Å². The number of benzene rings is 1. The summed E-state index contributed by atoms with van der Waals surface area (Å²) in [5, 5.41) is 14.6. The van der Waals surface area contributed by atoms with Gasteiger partial charge in [0.1, 0.15) is 6.04 Å². The second kappa shape index (κ2) is 8.65. The van der Waals surface area contributed by atoms with Crippen LogP contribution in [-0.2, 0) is 16.1 Å². The van der Waals surface area contributed by atoms with Crippen molar-refractivity contribution in [3.8, 4) is 0 Å². The lowest BCUT2D eigenvalue weighted by atomic mass is 10.0. The standard InChI is InChI=1S/C19H26N2O4/c1-12(2)16(19(24)25)21-18(23)15-9-7-13(8-10-15)11-20-17(22)14-5-3-4-6-14/h7-10,12,14,16H,3-6,11H2,1-2H3,(H,20,22)(H,21,23)(H,24,25)/t16-/m0/s1. The number of rotatable bonds is 7. The maximum Gasteiger partial charge on any atom is 0.326 e. The molecule has 0 saturated heterocycles. The highest BCUT2D eigenvalue weighted by atomic mass is 16.4. The van der Waals surface area contributed by atoms with E-state index < -0.39 is 17.9 Å². The van der Waals surface area contributed by atoms with Gasteiger partial charge in [0, 0.05) is 18.0 Å². The molecule has 0 bridgehead atoms. The molecule has 1 atom stereocenters. The van der Waals surface area contributed by atoms with Crippen LogP contribution < -0.4 is 10.6 Å². The first-order chi connectivity index (χ1) is 11.9. The second-order valence-corrected chi connectivity index (χ2v) is 6.93. The first-order valence-electron chi connectivity index (χ1n) is 8.79. The van der Waals surface area contributed by atoms with Crippen molar-refractivity contribution in [2.75, 3.05) is 0 Å². The quantitative estimate of drug-likeness (QED) is 0.706. The number of aliphatic carboxylic acids is 1. The van der Waals surface area contributed by atoms with Crippen molar-refractivity contribution in [3.63, 3.8) is 0 Å². The summed E-state index contributed by atoms with van der Waals surface area (Å²) in [6.45, 7) is 3.92. The minimum atomic E-state index is -1.05. The van der Waals surface area contributed by atoms with E-state index in [9.17, 15) is 14.4 Å². The number of hydrogen-bond acceptors (Lipinski definition) is 3. The van der Waals surface area contributed by atoms with Crippen LogP contribution in [0.4, 0.5) is 0 Å². The van der Waals surface area contributed by atoms with Gasteiger partial charge in [0.15, 0.2) is 0 Å². The van der Waals surface area contributed by atoms with Gasteiger partial charge < -0.3 is 15.7 Å². The van der Waals surface area contributed by atoms with Gasteiger partial charge in [-0.05, 0) is 36.5 Å². The van der Waals surface area contributed by atoms with Gasteiger partial charge in [-0.1, -0.05) is 38.8 Å². The van der Waals surface area contributed by atoms with Crippen LogP contribution in [-0.4, -0.2) is 28.9 Å². The predicted molar refractivity (Wildman–Crippen MR) is 94.0 cm³/mol. The van der Waals surface area contributed by atoms with Gasteiger partial charge in [0.2, 0.25) is 5.91 Å². The van der Waals surface area contributed by atoms with Crippen LogP contribution in [0.3, 0.4) is 0 Å². The third-order valence-corrected chi connectivity index (χ3v) is 4.63. The van der Waals surface area contributed by atoms with E-state index >= 15 is 0 Å². The molecular weight excluding hydrogens is 320 g/mol. The highest BCUT2D eigenvalue weighted by Gasteiger charge is 2.24. The van der Waals surface area contributed by atoms with E-state index in [1.165, 1.54) is 0 Å². The average Bonchev–Trinajstić information content (AvgIpc) is 3.11. The van der Waals surface area contributed by atoms with E-state index in [4.69, 9.17) is 5.11 Å². The summed E-state index contributed by atoms with van der Waals surface area (Å²) >= 11 is 0. The van der Waals surface area contributed by atoms with Crippen molar-refractivity contribution in [1.29, 1.82) is 0 Å². The summed E-state index contributed by atoms with van der Waals surface area (Å²) in [6, 6.07) is 5.92. The fourth-order valence-electron chi connectivity index (χ4n) is 3.03. The van der Waals surface area contributed by atoms with Crippen molar-refractivity contribution in [1.82, 2.24) is 10.6 Å². The monoisotopic (exact) mass is 346 g/mol. The highest BCUT2D eigenvalue weighted by Crippen LogP contribution is 2.24. The van der Waals surface area contributed by atoms with Crippen LogP contribution in [0.25, 0.3) is 0 Å². The van der Waals surface area contributed by atoms with Crippen LogP contribution in [0.2, 0.25) is 0 Å². The summed E-state index contributed by atoms with van der Waals surface area (Å²) in [7, 11) is 0. The molecule has 0 spiro atoms. The van der Waals surface area contributed by atoms with Crippen LogP contribution in [0.15, 0.2) is 24.3 Å². The number of carboxylic acids is 1. The predicted octanol–water partition coefficient (Wildman–Crippen LogP) is 2.33. The van der Waals surface area contributed by atoms with Crippen LogP contribution >= 0.6 is 0 Å². The van der Waals surface area contributed by atoms with Gasteiger partial charge in [-0.15, -0.1) is 0 Å². The lowest BCUT2D eigenvalue weighted by molar-refractivity contribution is -0.140. The van der Waals surface area contributed by atoms with E-state index in [0.29, 0.717) is 12.1 Å². The Balaban J connectivity index is 1.89. The molecule has 0 aliphatic heterocycles. The van der Waals surface area contributed by atoms with Crippen LogP contribution in [0.5, 0.6) is 0 Å². The van der Waals surface area contributed by atoms with Crippen LogP contribution in [0.1, 0.15) is 55.5 Å². The summed E-state index contributed by atoms with van der Waals surface area (Å²) < 4.78 is 0. The second-order valence-electron chi connectivity index (χ2n) is 6.93. The molecule has 1 aromatic rings. The molecule has 2 amide bonds. The molecular formula is C19H26N2O4. The Morgan fingerprint density at radius 1 is 1.12 bits per heavy atom. The molecule has 6 heteroatoms. The summed E-state index contributed by atoms with van der Waals surface area (Å²) in [5.74, 6) is -1.43. The molecule has 1 aliphatic rings. The molecule has 0 aromatic heterocycles. The van der Waals surface area contributed by atoms with Crippen molar-refractivity contribution in [2.24, 2.45) is 11.8 Å². The van der Waals surface area contributed by atoms with Crippen molar-refractivity contribution in [3.05, 3.63) is 35.4 Å². The molecule has 2 rings (SSSR count). The Labute approximate surface area is 148 Å². The Morgan fingerprint density at radius 2 is 1.72 bits per heavy atom. The summed E-state index contributed by atoms with van der Waals surface area (Å²) in [4.78, 5) is 35.3. The zero-order valence-electron chi connectivity index (χ0n) is 14.7. The number of carboxylic acid groups (broad SMARTS) is 1. The minimum Gasteiger partial charge on any atom is -0.480 e. The summed E-state index contributed by atoms with van der Waals surface area (Å²) in [5.41, 5.74) is 1.30. The molecule has 0 heterocycles. The third-order valence-electron chi connectivity index (χ3n) is 4.63. The molecule has 0 radical (unpaired) electrons.